The van der Waals surface area contributed by atoms with Gasteiger partial charge in [-0.2, -0.15) is 0 Å². The fourth-order valence-electron chi connectivity index (χ4n) is 5.50. The van der Waals surface area contributed by atoms with Crippen LogP contribution >= 0.6 is 0 Å². The Bertz CT molecular complexity index is 1690. The van der Waals surface area contributed by atoms with Crippen LogP contribution in [0.15, 0.2) is 164 Å². The summed E-state index contributed by atoms with van der Waals surface area (Å²) in [5.74, 6) is 0.547. The normalized spacial score (nSPS) is 11.6. The van der Waals surface area contributed by atoms with Crippen molar-refractivity contribution in [2.24, 2.45) is 0 Å². The summed E-state index contributed by atoms with van der Waals surface area (Å²) < 4.78 is 0. The van der Waals surface area contributed by atoms with E-state index in [2.05, 4.69) is 187 Å². The van der Waals surface area contributed by atoms with E-state index in [4.69, 9.17) is 0 Å². The minimum atomic E-state index is 0.547. The second-order valence-corrected chi connectivity index (χ2v) is 10.6. The van der Waals surface area contributed by atoms with Crippen LogP contribution in [0.5, 0.6) is 0 Å². The van der Waals surface area contributed by atoms with E-state index in [1.54, 1.807) is 0 Å². The van der Waals surface area contributed by atoms with Crippen molar-refractivity contribution in [1.29, 1.82) is 0 Å². The minimum Gasteiger partial charge on any atom is -0.311 e. The summed E-state index contributed by atoms with van der Waals surface area (Å²) in [6.07, 6.45) is 1.13. The maximum atomic E-state index is 2.35. The highest BCUT2D eigenvalue weighted by Crippen LogP contribution is 2.42. The lowest BCUT2D eigenvalue weighted by Crippen LogP contribution is -2.13. The molecule has 0 aromatic heterocycles. The Morgan fingerprint density at radius 1 is 0.429 bits per heavy atom. The molecule has 0 bridgehead atoms. The first kappa shape index (κ1) is 27.1. The molecule has 6 aromatic rings. The molecule has 0 saturated carbocycles. The zero-order chi connectivity index (χ0) is 28.7. The molecule has 0 fully saturated rings. The summed E-state index contributed by atoms with van der Waals surface area (Å²) in [7, 11) is 0. The largest absolute Gasteiger partial charge is 0.311 e. The Balaban J connectivity index is 1.43. The first-order chi connectivity index (χ1) is 20.7. The second kappa shape index (κ2) is 12.6. The fraction of sp³-hybridized carbons (Fsp3) is 0.100. The highest BCUT2D eigenvalue weighted by atomic mass is 15.2. The average Bonchev–Trinajstić information content (AvgIpc) is 3.07. The second-order valence-electron chi connectivity index (χ2n) is 10.6. The number of nitrogens with zero attached hydrogens (tertiary/aromatic N) is 2. The van der Waals surface area contributed by atoms with E-state index in [9.17, 15) is 0 Å². The third-order valence-corrected chi connectivity index (χ3v) is 7.96. The third-order valence-electron chi connectivity index (χ3n) is 7.96. The molecule has 2 nitrogen and oxygen atoms in total. The molecule has 0 aliphatic rings. The van der Waals surface area contributed by atoms with Gasteiger partial charge in [-0.15, -0.1) is 0 Å². The summed E-state index contributed by atoms with van der Waals surface area (Å²) in [5.41, 5.74) is 10.5. The number of anilines is 6. The van der Waals surface area contributed by atoms with Crippen LogP contribution in [-0.4, -0.2) is 0 Å². The molecular formula is C40H36N2. The molecule has 0 radical (unpaired) electrons. The van der Waals surface area contributed by atoms with Crippen molar-refractivity contribution in [2.45, 2.75) is 26.2 Å². The van der Waals surface area contributed by atoms with Crippen LogP contribution in [0.4, 0.5) is 34.1 Å². The third kappa shape index (κ3) is 5.70. The van der Waals surface area contributed by atoms with Gasteiger partial charge in [0.15, 0.2) is 0 Å². The quantitative estimate of drug-likeness (QED) is 0.179. The van der Waals surface area contributed by atoms with Gasteiger partial charge in [0.2, 0.25) is 0 Å². The standard InChI is InChI=1S/C40H36N2/c1-3-31(2)32-23-25-36(26-24-32)41(34-17-9-5-10-18-34)37-27-29-38(30-28-37)42(35-19-11-6-12-20-35)40-22-14-13-21-39(40)33-15-7-4-8-16-33/h4-31H,3H2,1-2H3. The maximum Gasteiger partial charge on any atom is 0.0540 e. The molecule has 1 atom stereocenters. The molecular weight excluding hydrogens is 508 g/mol. The van der Waals surface area contributed by atoms with Gasteiger partial charge in [0, 0.05) is 34.0 Å². The molecule has 0 N–H and O–H groups in total. The molecule has 1 unspecified atom stereocenters. The van der Waals surface area contributed by atoms with Crippen molar-refractivity contribution in [2.75, 3.05) is 9.80 Å². The summed E-state index contributed by atoms with van der Waals surface area (Å²) >= 11 is 0. The number of hydrogen-bond donors (Lipinski definition) is 0. The van der Waals surface area contributed by atoms with Gasteiger partial charge in [0.25, 0.3) is 0 Å². The Hall–Kier alpha value is -5.08. The SMILES string of the molecule is CCC(C)c1ccc(N(c2ccccc2)c2ccc(N(c3ccccc3)c3ccccc3-c3ccccc3)cc2)cc1. The molecule has 42 heavy (non-hydrogen) atoms. The number of benzene rings is 6. The molecule has 0 aliphatic heterocycles. The molecule has 0 saturated heterocycles. The highest BCUT2D eigenvalue weighted by Gasteiger charge is 2.18. The summed E-state index contributed by atoms with van der Waals surface area (Å²) in [5, 5.41) is 0. The van der Waals surface area contributed by atoms with Crippen LogP contribution in [0, 0.1) is 0 Å². The maximum absolute atomic E-state index is 2.35. The Morgan fingerprint density at radius 3 is 1.38 bits per heavy atom. The van der Waals surface area contributed by atoms with E-state index in [1.807, 2.05) is 0 Å². The number of para-hydroxylation sites is 3. The van der Waals surface area contributed by atoms with Gasteiger partial charge >= 0.3 is 0 Å². The van der Waals surface area contributed by atoms with Gasteiger partial charge < -0.3 is 9.80 Å². The van der Waals surface area contributed by atoms with Gasteiger partial charge in [0.05, 0.1) is 5.69 Å². The van der Waals surface area contributed by atoms with Crippen molar-refractivity contribution in [3.05, 3.63) is 169 Å². The van der Waals surface area contributed by atoms with E-state index >= 15 is 0 Å². The van der Waals surface area contributed by atoms with Crippen LogP contribution in [0.2, 0.25) is 0 Å². The molecule has 0 heterocycles. The predicted molar refractivity (Wildman–Crippen MR) is 180 cm³/mol. The Kier molecular flexibility index (Phi) is 8.14. The topological polar surface area (TPSA) is 6.48 Å². The van der Waals surface area contributed by atoms with E-state index in [-0.39, 0.29) is 0 Å². The van der Waals surface area contributed by atoms with Gasteiger partial charge in [-0.25, -0.2) is 0 Å². The van der Waals surface area contributed by atoms with Crippen molar-refractivity contribution in [3.8, 4) is 11.1 Å². The smallest absolute Gasteiger partial charge is 0.0540 e. The molecule has 6 rings (SSSR count). The molecule has 0 aliphatic carbocycles. The highest BCUT2D eigenvalue weighted by molar-refractivity contribution is 5.88. The Labute approximate surface area is 250 Å². The van der Waals surface area contributed by atoms with Gasteiger partial charge in [-0.1, -0.05) is 111 Å². The predicted octanol–water partition coefficient (Wildman–Crippen LogP) is 11.8. The lowest BCUT2D eigenvalue weighted by molar-refractivity contribution is 0.733. The summed E-state index contributed by atoms with van der Waals surface area (Å²) in [6.45, 7) is 4.53. The zero-order valence-electron chi connectivity index (χ0n) is 24.3. The minimum absolute atomic E-state index is 0.547. The molecule has 6 aromatic carbocycles. The van der Waals surface area contributed by atoms with Crippen molar-refractivity contribution < 1.29 is 0 Å². The first-order valence-electron chi connectivity index (χ1n) is 14.8. The van der Waals surface area contributed by atoms with Crippen LogP contribution in [0.25, 0.3) is 11.1 Å². The van der Waals surface area contributed by atoms with E-state index < -0.39 is 0 Å². The lowest BCUT2D eigenvalue weighted by Gasteiger charge is -2.29. The summed E-state index contributed by atoms with van der Waals surface area (Å²) in [4.78, 5) is 4.68. The number of rotatable bonds is 9. The van der Waals surface area contributed by atoms with Gasteiger partial charge in [0.1, 0.15) is 0 Å². The Morgan fingerprint density at radius 2 is 0.833 bits per heavy atom. The fourth-order valence-corrected chi connectivity index (χ4v) is 5.50. The van der Waals surface area contributed by atoms with Crippen LogP contribution in [-0.2, 0) is 0 Å². The van der Waals surface area contributed by atoms with Crippen LogP contribution in [0.3, 0.4) is 0 Å². The van der Waals surface area contributed by atoms with Crippen LogP contribution < -0.4 is 9.80 Å². The average molecular weight is 545 g/mol. The molecule has 0 spiro atoms. The molecule has 0 amide bonds. The monoisotopic (exact) mass is 544 g/mol. The molecule has 2 heteroatoms. The zero-order valence-corrected chi connectivity index (χ0v) is 24.3. The van der Waals surface area contributed by atoms with Crippen molar-refractivity contribution in [1.82, 2.24) is 0 Å². The lowest BCUT2D eigenvalue weighted by atomic mass is 9.98. The van der Waals surface area contributed by atoms with E-state index in [0.29, 0.717) is 5.92 Å². The van der Waals surface area contributed by atoms with Gasteiger partial charge in [-0.3, -0.25) is 0 Å². The van der Waals surface area contributed by atoms with E-state index in [1.165, 1.54) is 16.7 Å². The van der Waals surface area contributed by atoms with Crippen molar-refractivity contribution >= 4 is 34.1 Å². The van der Waals surface area contributed by atoms with Gasteiger partial charge in [-0.05, 0) is 90.2 Å². The number of hydrogen-bond acceptors (Lipinski definition) is 2. The van der Waals surface area contributed by atoms with Crippen LogP contribution in [0.1, 0.15) is 31.7 Å². The van der Waals surface area contributed by atoms with E-state index in [0.717, 1.165) is 40.5 Å². The first-order valence-corrected chi connectivity index (χ1v) is 14.8. The van der Waals surface area contributed by atoms with Crippen molar-refractivity contribution in [3.63, 3.8) is 0 Å². The summed E-state index contributed by atoms with van der Waals surface area (Å²) in [6, 6.07) is 58.4. The molecule has 206 valence electrons.